The van der Waals surface area contributed by atoms with E-state index < -0.39 is 17.6 Å². The second kappa shape index (κ2) is 4.43. The Bertz CT molecular complexity index is 722. The summed E-state index contributed by atoms with van der Waals surface area (Å²) in [7, 11) is 0. The predicted molar refractivity (Wildman–Crippen MR) is 71.1 cm³/mol. The first kappa shape index (κ1) is 12.3. The van der Waals surface area contributed by atoms with Gasteiger partial charge in [0.15, 0.2) is 0 Å². The Balaban J connectivity index is 2.07. The molecule has 0 saturated carbocycles. The number of pyridine rings is 1. The van der Waals surface area contributed by atoms with Gasteiger partial charge in [-0.05, 0) is 28.1 Å². The highest BCUT2D eigenvalue weighted by molar-refractivity contribution is 9.10. The number of amides is 1. The standard InChI is InChI=1S/C12H10BrN3O3/c13-7-1-2-10-14-3-9(12(19)16(10)4-7)11(18)15-5-8(17)6-15/h1-4,8,17H,5-6H2. The summed E-state index contributed by atoms with van der Waals surface area (Å²) >= 11 is 3.27. The number of hydrogen-bond donors (Lipinski definition) is 1. The third kappa shape index (κ3) is 2.04. The molecule has 1 aliphatic rings. The monoisotopic (exact) mass is 323 g/mol. The van der Waals surface area contributed by atoms with E-state index >= 15 is 0 Å². The van der Waals surface area contributed by atoms with Crippen molar-refractivity contribution in [3.63, 3.8) is 0 Å². The summed E-state index contributed by atoms with van der Waals surface area (Å²) in [5, 5.41) is 9.19. The lowest BCUT2D eigenvalue weighted by atomic mass is 10.1. The second-order valence-electron chi connectivity index (χ2n) is 4.42. The zero-order chi connectivity index (χ0) is 13.6. The van der Waals surface area contributed by atoms with Crippen LogP contribution in [0.4, 0.5) is 0 Å². The molecule has 0 aromatic carbocycles. The maximum atomic E-state index is 12.2. The topological polar surface area (TPSA) is 74.9 Å². The number of aliphatic hydroxyl groups is 1. The Morgan fingerprint density at radius 3 is 2.84 bits per heavy atom. The molecule has 2 aromatic rings. The van der Waals surface area contributed by atoms with Gasteiger partial charge in [-0.3, -0.25) is 14.0 Å². The molecule has 2 aromatic heterocycles. The summed E-state index contributed by atoms with van der Waals surface area (Å²) in [6.07, 6.45) is 2.37. The van der Waals surface area contributed by atoms with Crippen LogP contribution in [0.5, 0.6) is 0 Å². The largest absolute Gasteiger partial charge is 0.389 e. The Labute approximate surface area is 116 Å². The molecule has 1 saturated heterocycles. The van der Waals surface area contributed by atoms with Crippen molar-refractivity contribution in [3.05, 3.63) is 44.9 Å². The highest BCUT2D eigenvalue weighted by Gasteiger charge is 2.31. The van der Waals surface area contributed by atoms with Gasteiger partial charge in [0.1, 0.15) is 11.2 Å². The van der Waals surface area contributed by atoms with Crippen LogP contribution in [0, 0.1) is 0 Å². The lowest BCUT2D eigenvalue weighted by Gasteiger charge is -2.35. The van der Waals surface area contributed by atoms with Crippen LogP contribution in [0.2, 0.25) is 0 Å². The van der Waals surface area contributed by atoms with Gasteiger partial charge >= 0.3 is 0 Å². The third-order valence-corrected chi connectivity index (χ3v) is 3.51. The van der Waals surface area contributed by atoms with E-state index in [9.17, 15) is 14.7 Å². The summed E-state index contributed by atoms with van der Waals surface area (Å²) in [5.41, 5.74) is 0.0913. The fraction of sp³-hybridized carbons (Fsp3) is 0.250. The first-order valence-electron chi connectivity index (χ1n) is 5.70. The Hall–Kier alpha value is -1.73. The quantitative estimate of drug-likeness (QED) is 0.817. The first-order valence-corrected chi connectivity index (χ1v) is 6.50. The van der Waals surface area contributed by atoms with E-state index in [1.807, 2.05) is 0 Å². The molecule has 0 radical (unpaired) electrons. The molecule has 7 heteroatoms. The van der Waals surface area contributed by atoms with Gasteiger partial charge in [0.05, 0.1) is 6.10 Å². The van der Waals surface area contributed by atoms with E-state index in [4.69, 9.17) is 0 Å². The normalized spacial score (nSPS) is 15.6. The molecule has 3 heterocycles. The molecular weight excluding hydrogens is 314 g/mol. The molecule has 1 fully saturated rings. The van der Waals surface area contributed by atoms with Gasteiger partial charge in [0, 0.05) is 30.0 Å². The number of aromatic nitrogens is 2. The Morgan fingerprint density at radius 1 is 1.42 bits per heavy atom. The van der Waals surface area contributed by atoms with Crippen LogP contribution in [0.15, 0.2) is 33.8 Å². The minimum Gasteiger partial charge on any atom is -0.389 e. The van der Waals surface area contributed by atoms with Crippen LogP contribution in [0.3, 0.4) is 0 Å². The van der Waals surface area contributed by atoms with Crippen molar-refractivity contribution in [2.75, 3.05) is 13.1 Å². The number of fused-ring (bicyclic) bond motifs is 1. The molecule has 1 amide bonds. The zero-order valence-corrected chi connectivity index (χ0v) is 11.4. The van der Waals surface area contributed by atoms with Gasteiger partial charge in [0.2, 0.25) is 0 Å². The molecule has 1 aliphatic heterocycles. The van der Waals surface area contributed by atoms with Crippen molar-refractivity contribution >= 4 is 27.5 Å². The maximum Gasteiger partial charge on any atom is 0.270 e. The van der Waals surface area contributed by atoms with Crippen LogP contribution in [0.1, 0.15) is 10.4 Å². The smallest absolute Gasteiger partial charge is 0.270 e. The van der Waals surface area contributed by atoms with Gasteiger partial charge in [-0.15, -0.1) is 0 Å². The van der Waals surface area contributed by atoms with Crippen LogP contribution < -0.4 is 5.56 Å². The molecule has 0 unspecified atom stereocenters. The summed E-state index contributed by atoms with van der Waals surface area (Å²) in [4.78, 5) is 29.8. The predicted octanol–water partition coefficient (Wildman–Crippen LogP) is 0.274. The lowest BCUT2D eigenvalue weighted by molar-refractivity contribution is 0.00573. The number of aliphatic hydroxyl groups excluding tert-OH is 1. The summed E-state index contributed by atoms with van der Waals surface area (Å²) in [6, 6.07) is 3.46. The molecule has 19 heavy (non-hydrogen) atoms. The van der Waals surface area contributed by atoms with E-state index in [2.05, 4.69) is 20.9 Å². The van der Waals surface area contributed by atoms with Gasteiger partial charge in [-0.25, -0.2) is 4.98 Å². The highest BCUT2D eigenvalue weighted by atomic mass is 79.9. The second-order valence-corrected chi connectivity index (χ2v) is 5.33. The highest BCUT2D eigenvalue weighted by Crippen LogP contribution is 2.12. The fourth-order valence-electron chi connectivity index (χ4n) is 1.99. The van der Waals surface area contributed by atoms with Crippen molar-refractivity contribution in [1.29, 1.82) is 0 Å². The number of hydrogen-bond acceptors (Lipinski definition) is 4. The van der Waals surface area contributed by atoms with Crippen molar-refractivity contribution < 1.29 is 9.90 Å². The maximum absolute atomic E-state index is 12.2. The van der Waals surface area contributed by atoms with Crippen molar-refractivity contribution in [2.45, 2.75) is 6.10 Å². The molecule has 0 spiro atoms. The van der Waals surface area contributed by atoms with Gasteiger partial charge < -0.3 is 10.0 Å². The third-order valence-electron chi connectivity index (χ3n) is 3.05. The number of carbonyl (C=O) groups is 1. The average molecular weight is 324 g/mol. The zero-order valence-electron chi connectivity index (χ0n) is 9.78. The van der Waals surface area contributed by atoms with E-state index in [-0.39, 0.29) is 18.7 Å². The summed E-state index contributed by atoms with van der Waals surface area (Å²) in [6.45, 7) is 0.527. The number of β-amino-alcohol motifs (C(OH)–C–C–N with tert-alkyl or cyclic N) is 1. The molecule has 0 bridgehead atoms. The van der Waals surface area contributed by atoms with Crippen molar-refractivity contribution in [1.82, 2.24) is 14.3 Å². The van der Waals surface area contributed by atoms with Crippen LogP contribution in [-0.2, 0) is 0 Å². The van der Waals surface area contributed by atoms with Gasteiger partial charge in [-0.1, -0.05) is 0 Å². The van der Waals surface area contributed by atoms with Crippen LogP contribution in [0.25, 0.3) is 5.65 Å². The Kier molecular flexibility index (Phi) is 2.87. The number of rotatable bonds is 1. The minimum absolute atomic E-state index is 0.0162. The molecule has 3 rings (SSSR count). The molecule has 0 aliphatic carbocycles. The van der Waals surface area contributed by atoms with Gasteiger partial charge in [0.25, 0.3) is 11.5 Å². The first-order chi connectivity index (χ1) is 9.06. The molecule has 0 atom stereocenters. The average Bonchev–Trinajstić information content (AvgIpc) is 2.35. The van der Waals surface area contributed by atoms with Crippen molar-refractivity contribution in [3.8, 4) is 0 Å². The molecule has 98 valence electrons. The Morgan fingerprint density at radius 2 is 2.16 bits per heavy atom. The fourth-order valence-corrected chi connectivity index (χ4v) is 2.33. The summed E-state index contributed by atoms with van der Waals surface area (Å²) < 4.78 is 2.06. The minimum atomic E-state index is -0.491. The van der Waals surface area contributed by atoms with Gasteiger partial charge in [-0.2, -0.15) is 0 Å². The van der Waals surface area contributed by atoms with Crippen LogP contribution in [-0.4, -0.2) is 44.5 Å². The van der Waals surface area contributed by atoms with E-state index in [1.165, 1.54) is 15.5 Å². The molecule has 6 nitrogen and oxygen atoms in total. The number of nitrogens with zero attached hydrogens (tertiary/aromatic N) is 3. The van der Waals surface area contributed by atoms with Crippen molar-refractivity contribution in [2.24, 2.45) is 0 Å². The SMILES string of the molecule is O=C(c1cnc2ccc(Br)cn2c1=O)N1CC(O)C1. The number of likely N-dealkylation sites (tertiary alicyclic amines) is 1. The van der Waals surface area contributed by atoms with E-state index in [1.54, 1.807) is 18.3 Å². The number of halogens is 1. The van der Waals surface area contributed by atoms with E-state index in [0.717, 1.165) is 4.47 Å². The lowest BCUT2D eigenvalue weighted by Crippen LogP contribution is -2.54. The molecular formula is C12H10BrN3O3. The van der Waals surface area contributed by atoms with E-state index in [0.29, 0.717) is 5.65 Å². The molecule has 1 N–H and O–H groups in total. The number of carbonyl (C=O) groups excluding carboxylic acids is 1. The van der Waals surface area contributed by atoms with Crippen LogP contribution >= 0.6 is 15.9 Å². The summed E-state index contributed by atoms with van der Waals surface area (Å²) in [5.74, 6) is -0.392.